The third-order valence-electron chi connectivity index (χ3n) is 5.92. The van der Waals surface area contributed by atoms with Gasteiger partial charge >= 0.3 is 0 Å². The molecule has 0 radical (unpaired) electrons. The van der Waals surface area contributed by atoms with Crippen LogP contribution in [0.15, 0.2) is 144 Å². The molecule has 180 valence electrons. The number of carbonyl (C=O) groups is 2. The van der Waals surface area contributed by atoms with Gasteiger partial charge in [0, 0.05) is 31.4 Å². The number of hydrogen-bond acceptors (Lipinski definition) is 2. The van der Waals surface area contributed by atoms with Crippen molar-refractivity contribution in [3.05, 3.63) is 155 Å². The standard InChI is InChI=1S/C32H23BrO2P2/c33-30-28(31(34)36(24-14-5-1-6-15-24)25-16-7-2-8-17-25)22-13-23-29(30)32(35)37(26-18-9-3-10-19-26)27-20-11-4-12-21-27/h1-23H. The predicted molar refractivity (Wildman–Crippen MR) is 161 cm³/mol. The maximum atomic E-state index is 14.1. The number of carbonyl (C=O) groups excluding carboxylic acids is 2. The van der Waals surface area contributed by atoms with Gasteiger partial charge in [0.2, 0.25) is 0 Å². The summed E-state index contributed by atoms with van der Waals surface area (Å²) in [5, 5.41) is 3.92. The fourth-order valence-electron chi connectivity index (χ4n) is 4.18. The maximum Gasteiger partial charge on any atom is 0.194 e. The molecule has 0 aliphatic rings. The Hall–Kier alpha value is -3.22. The first-order valence-corrected chi connectivity index (χ1v) is 15.3. The van der Waals surface area contributed by atoms with Crippen LogP contribution in [0.25, 0.3) is 0 Å². The lowest BCUT2D eigenvalue weighted by molar-refractivity contribution is 0.108. The lowest BCUT2D eigenvalue weighted by atomic mass is 10.1. The Kier molecular flexibility index (Phi) is 8.17. The van der Waals surface area contributed by atoms with E-state index >= 15 is 0 Å². The zero-order chi connectivity index (χ0) is 25.6. The quantitative estimate of drug-likeness (QED) is 0.185. The van der Waals surface area contributed by atoms with Crippen LogP contribution in [0, 0.1) is 0 Å². The SMILES string of the molecule is O=C(c1cccc(C(=O)P(c2ccccc2)c2ccccc2)c1Br)P(c1ccccc1)c1ccccc1. The summed E-state index contributed by atoms with van der Waals surface area (Å²) in [5.74, 6) is 0. The summed E-state index contributed by atoms with van der Waals surface area (Å²) in [4.78, 5) is 28.3. The third kappa shape index (κ3) is 5.55. The average Bonchev–Trinajstić information content (AvgIpc) is 2.96. The molecule has 0 heterocycles. The van der Waals surface area contributed by atoms with Gasteiger partial charge < -0.3 is 0 Å². The van der Waals surface area contributed by atoms with Gasteiger partial charge in [0.15, 0.2) is 11.0 Å². The number of rotatable bonds is 8. The molecule has 0 aliphatic carbocycles. The minimum absolute atomic E-state index is 0.0117. The Labute approximate surface area is 228 Å². The van der Waals surface area contributed by atoms with Gasteiger partial charge in [-0.2, -0.15) is 0 Å². The molecular weight excluding hydrogens is 558 g/mol. The predicted octanol–water partition coefficient (Wildman–Crippen LogP) is 7.00. The highest BCUT2D eigenvalue weighted by atomic mass is 79.9. The van der Waals surface area contributed by atoms with E-state index in [-0.39, 0.29) is 11.0 Å². The molecule has 0 aromatic heterocycles. The van der Waals surface area contributed by atoms with E-state index in [2.05, 4.69) is 15.9 Å². The molecule has 0 bridgehead atoms. The molecule has 0 aliphatic heterocycles. The van der Waals surface area contributed by atoms with E-state index in [9.17, 15) is 9.59 Å². The molecular formula is C32H23BrO2P2. The summed E-state index contributed by atoms with van der Waals surface area (Å²) < 4.78 is 0.559. The van der Waals surface area contributed by atoms with Crippen LogP contribution in [0.2, 0.25) is 0 Å². The second kappa shape index (κ2) is 11.9. The lowest BCUT2D eigenvalue weighted by Crippen LogP contribution is -2.20. The van der Waals surface area contributed by atoms with Crippen molar-refractivity contribution in [3.8, 4) is 0 Å². The Morgan fingerprint density at radius 2 is 0.676 bits per heavy atom. The van der Waals surface area contributed by atoms with Crippen molar-refractivity contribution in [3.63, 3.8) is 0 Å². The maximum absolute atomic E-state index is 14.1. The summed E-state index contributed by atoms with van der Waals surface area (Å²) >= 11 is 3.69. The molecule has 0 unspecified atom stereocenters. The molecule has 0 saturated carbocycles. The smallest absolute Gasteiger partial charge is 0.194 e. The van der Waals surface area contributed by atoms with Crippen molar-refractivity contribution in [2.45, 2.75) is 0 Å². The number of benzene rings is 5. The number of halogens is 1. The van der Waals surface area contributed by atoms with E-state index in [1.807, 2.05) is 140 Å². The highest BCUT2D eigenvalue weighted by molar-refractivity contribution is 9.10. The molecule has 0 saturated heterocycles. The van der Waals surface area contributed by atoms with Crippen molar-refractivity contribution >= 4 is 64.0 Å². The van der Waals surface area contributed by atoms with Crippen LogP contribution < -0.4 is 21.2 Å². The van der Waals surface area contributed by atoms with Gasteiger partial charge in [0.1, 0.15) is 0 Å². The Morgan fingerprint density at radius 3 is 0.946 bits per heavy atom. The third-order valence-corrected chi connectivity index (χ3v) is 11.3. The minimum Gasteiger partial charge on any atom is -0.288 e. The van der Waals surface area contributed by atoms with Crippen LogP contribution in [-0.4, -0.2) is 11.0 Å². The average molecular weight is 581 g/mol. The van der Waals surface area contributed by atoms with Gasteiger partial charge in [-0.1, -0.05) is 127 Å². The summed E-state index contributed by atoms with van der Waals surface area (Å²) in [6.07, 6.45) is 0. The van der Waals surface area contributed by atoms with E-state index in [4.69, 9.17) is 0 Å². The van der Waals surface area contributed by atoms with Gasteiger partial charge in [0.25, 0.3) is 0 Å². The molecule has 0 fully saturated rings. The molecule has 0 spiro atoms. The Morgan fingerprint density at radius 1 is 0.405 bits per heavy atom. The number of hydrogen-bond donors (Lipinski definition) is 0. The van der Waals surface area contributed by atoms with Crippen molar-refractivity contribution in [2.75, 3.05) is 0 Å². The fraction of sp³-hybridized carbons (Fsp3) is 0. The highest BCUT2D eigenvalue weighted by Crippen LogP contribution is 2.43. The van der Waals surface area contributed by atoms with Crippen LogP contribution in [0.1, 0.15) is 20.7 Å². The van der Waals surface area contributed by atoms with E-state index in [1.54, 1.807) is 0 Å². The zero-order valence-corrected chi connectivity index (χ0v) is 23.2. The summed E-state index contributed by atoms with van der Waals surface area (Å²) in [6.45, 7) is 0. The van der Waals surface area contributed by atoms with E-state index in [1.165, 1.54) is 0 Å². The van der Waals surface area contributed by atoms with Crippen molar-refractivity contribution < 1.29 is 9.59 Å². The lowest BCUT2D eigenvalue weighted by Gasteiger charge is -2.21. The monoisotopic (exact) mass is 580 g/mol. The highest BCUT2D eigenvalue weighted by Gasteiger charge is 2.30. The van der Waals surface area contributed by atoms with Crippen LogP contribution in [0.5, 0.6) is 0 Å². The van der Waals surface area contributed by atoms with E-state index in [0.717, 1.165) is 21.2 Å². The first-order valence-electron chi connectivity index (χ1n) is 11.8. The summed E-state index contributed by atoms with van der Waals surface area (Å²) in [6, 6.07) is 45.0. The first kappa shape index (κ1) is 25.4. The molecule has 0 atom stereocenters. The van der Waals surface area contributed by atoms with Gasteiger partial charge in [-0.15, -0.1) is 0 Å². The fourth-order valence-corrected chi connectivity index (χ4v) is 9.38. The van der Waals surface area contributed by atoms with Crippen molar-refractivity contribution in [1.82, 2.24) is 0 Å². The molecule has 37 heavy (non-hydrogen) atoms. The molecule has 0 N–H and O–H groups in total. The van der Waals surface area contributed by atoms with Crippen molar-refractivity contribution in [1.29, 1.82) is 0 Å². The molecule has 5 aromatic rings. The van der Waals surface area contributed by atoms with Gasteiger partial charge in [-0.05, 0) is 49.3 Å². The molecule has 5 aromatic carbocycles. The Bertz CT molecular complexity index is 1320. The van der Waals surface area contributed by atoms with E-state index in [0.29, 0.717) is 15.6 Å². The first-order chi connectivity index (χ1) is 18.1. The molecule has 5 rings (SSSR count). The summed E-state index contributed by atoms with van der Waals surface area (Å²) in [7, 11) is -2.63. The van der Waals surface area contributed by atoms with Gasteiger partial charge in [-0.3, -0.25) is 9.59 Å². The van der Waals surface area contributed by atoms with Crippen LogP contribution in [0.3, 0.4) is 0 Å². The molecule has 0 amide bonds. The normalized spacial score (nSPS) is 11.0. The zero-order valence-electron chi connectivity index (χ0n) is 19.9. The molecule has 2 nitrogen and oxygen atoms in total. The second-order valence-corrected chi connectivity index (χ2v) is 13.3. The Balaban J connectivity index is 1.59. The second-order valence-electron chi connectivity index (χ2n) is 8.29. The molecule has 5 heteroatoms. The van der Waals surface area contributed by atoms with Crippen LogP contribution >= 0.6 is 31.8 Å². The summed E-state index contributed by atoms with van der Waals surface area (Å²) in [5.41, 5.74) is 1.08. The minimum atomic E-state index is -1.31. The van der Waals surface area contributed by atoms with E-state index < -0.39 is 15.8 Å². The largest absolute Gasteiger partial charge is 0.288 e. The van der Waals surface area contributed by atoms with Crippen LogP contribution in [-0.2, 0) is 0 Å². The van der Waals surface area contributed by atoms with Gasteiger partial charge in [0.05, 0.1) is 0 Å². The van der Waals surface area contributed by atoms with Crippen LogP contribution in [0.4, 0.5) is 0 Å². The topological polar surface area (TPSA) is 34.1 Å². The van der Waals surface area contributed by atoms with Crippen molar-refractivity contribution in [2.24, 2.45) is 0 Å². The van der Waals surface area contributed by atoms with Gasteiger partial charge in [-0.25, -0.2) is 0 Å².